The van der Waals surface area contributed by atoms with Gasteiger partial charge in [-0.15, -0.1) is 11.3 Å². The molecule has 0 fully saturated rings. The summed E-state index contributed by atoms with van der Waals surface area (Å²) in [5.41, 5.74) is 1.32. The van der Waals surface area contributed by atoms with E-state index >= 15 is 0 Å². The van der Waals surface area contributed by atoms with Crippen LogP contribution < -0.4 is 34.7 Å². The van der Waals surface area contributed by atoms with Crippen LogP contribution in [0.2, 0.25) is 0 Å². The third-order valence-corrected chi connectivity index (χ3v) is 6.36. The van der Waals surface area contributed by atoms with Crippen molar-refractivity contribution in [2.24, 2.45) is 0 Å². The SMILES string of the molecule is O=C([O-])c1ccn(Cc2ccc(-c3noc(-c4cc(-c5ccc(F)cc5)c(C(F)(F)F)s4)n3)cc2)n1.[Na+]. The van der Waals surface area contributed by atoms with Crippen LogP contribution in [0.1, 0.15) is 20.9 Å². The van der Waals surface area contributed by atoms with Gasteiger partial charge in [-0.25, -0.2) is 4.39 Å². The summed E-state index contributed by atoms with van der Waals surface area (Å²) in [4.78, 5) is 14.4. The molecule has 0 atom stereocenters. The summed E-state index contributed by atoms with van der Waals surface area (Å²) in [6, 6.07) is 14.3. The van der Waals surface area contributed by atoms with Gasteiger partial charge in [0.2, 0.25) is 5.82 Å². The zero-order chi connectivity index (χ0) is 25.4. The van der Waals surface area contributed by atoms with Crippen molar-refractivity contribution in [3.63, 3.8) is 0 Å². The van der Waals surface area contributed by atoms with Crippen molar-refractivity contribution in [2.45, 2.75) is 12.7 Å². The molecule has 0 aliphatic heterocycles. The zero-order valence-corrected chi connectivity index (χ0v) is 21.8. The van der Waals surface area contributed by atoms with Crippen LogP contribution in [0.4, 0.5) is 17.6 Å². The van der Waals surface area contributed by atoms with Crippen molar-refractivity contribution in [3.8, 4) is 33.3 Å². The van der Waals surface area contributed by atoms with Crippen molar-refractivity contribution in [1.29, 1.82) is 0 Å². The molecule has 0 saturated heterocycles. The van der Waals surface area contributed by atoms with Crippen molar-refractivity contribution in [3.05, 3.63) is 88.8 Å². The number of rotatable bonds is 6. The fourth-order valence-electron chi connectivity index (χ4n) is 3.50. The Balaban J connectivity index is 0.00000320. The summed E-state index contributed by atoms with van der Waals surface area (Å²) >= 11 is 0.464. The van der Waals surface area contributed by atoms with Gasteiger partial charge in [-0.05, 0) is 35.4 Å². The van der Waals surface area contributed by atoms with E-state index in [4.69, 9.17) is 4.52 Å². The van der Waals surface area contributed by atoms with Gasteiger partial charge in [-0.3, -0.25) is 4.68 Å². The molecule has 3 aromatic heterocycles. The van der Waals surface area contributed by atoms with Gasteiger partial charge >= 0.3 is 35.7 Å². The van der Waals surface area contributed by atoms with Crippen LogP contribution in [-0.4, -0.2) is 25.9 Å². The van der Waals surface area contributed by atoms with E-state index in [-0.39, 0.29) is 63.0 Å². The van der Waals surface area contributed by atoms with Gasteiger partial charge in [0.25, 0.3) is 5.89 Å². The molecule has 0 amide bonds. The molecule has 13 heteroatoms. The van der Waals surface area contributed by atoms with Crippen LogP contribution >= 0.6 is 11.3 Å². The summed E-state index contributed by atoms with van der Waals surface area (Å²) in [7, 11) is 0. The largest absolute Gasteiger partial charge is 1.00 e. The maximum absolute atomic E-state index is 13.7. The number of carboxylic acid groups (broad SMARTS) is 1. The van der Waals surface area contributed by atoms with Crippen LogP contribution in [0.25, 0.3) is 33.3 Å². The number of hydrogen-bond donors (Lipinski definition) is 0. The fraction of sp³-hybridized carbons (Fsp3) is 0.0833. The van der Waals surface area contributed by atoms with Gasteiger partial charge in [0.15, 0.2) is 0 Å². The minimum Gasteiger partial charge on any atom is -0.543 e. The Morgan fingerprint density at radius 3 is 2.32 bits per heavy atom. The Kier molecular flexibility index (Phi) is 7.64. The maximum atomic E-state index is 13.7. The van der Waals surface area contributed by atoms with Crippen molar-refractivity contribution in [2.75, 3.05) is 0 Å². The number of carboxylic acids is 1. The topological polar surface area (TPSA) is 96.9 Å². The molecule has 0 aliphatic rings. The Bertz CT molecular complexity index is 1540. The molecule has 7 nitrogen and oxygen atoms in total. The molecule has 0 unspecified atom stereocenters. The molecule has 0 aliphatic carbocycles. The van der Waals surface area contributed by atoms with Gasteiger partial charge in [0.1, 0.15) is 16.4 Å². The van der Waals surface area contributed by atoms with E-state index in [2.05, 4.69) is 15.2 Å². The first kappa shape index (κ1) is 26.7. The van der Waals surface area contributed by atoms with Crippen LogP contribution in [-0.2, 0) is 12.7 Å². The second-order valence-corrected chi connectivity index (χ2v) is 8.72. The van der Waals surface area contributed by atoms with Crippen LogP contribution in [0.15, 0.2) is 71.4 Å². The van der Waals surface area contributed by atoms with E-state index in [1.54, 1.807) is 24.3 Å². The summed E-state index contributed by atoms with van der Waals surface area (Å²) in [6.45, 7) is 0.312. The molecule has 0 saturated carbocycles. The first-order valence-corrected chi connectivity index (χ1v) is 11.1. The van der Waals surface area contributed by atoms with Gasteiger partial charge in [-0.1, -0.05) is 41.6 Å². The normalized spacial score (nSPS) is 11.4. The van der Waals surface area contributed by atoms with Crippen LogP contribution in [0.3, 0.4) is 0 Å². The molecule has 3 heterocycles. The van der Waals surface area contributed by atoms with E-state index in [0.29, 0.717) is 23.4 Å². The number of halogens is 4. The molecule has 0 bridgehead atoms. The van der Waals surface area contributed by atoms with E-state index in [0.717, 1.165) is 17.7 Å². The van der Waals surface area contributed by atoms with E-state index in [1.165, 1.54) is 35.1 Å². The minimum atomic E-state index is -4.62. The Morgan fingerprint density at radius 1 is 1.03 bits per heavy atom. The predicted molar refractivity (Wildman–Crippen MR) is 119 cm³/mol. The summed E-state index contributed by atoms with van der Waals surface area (Å²) in [5, 5.41) is 18.6. The second-order valence-electron chi connectivity index (χ2n) is 7.66. The number of nitrogens with zero attached hydrogens (tertiary/aromatic N) is 4. The quantitative estimate of drug-likeness (QED) is 0.243. The summed E-state index contributed by atoms with van der Waals surface area (Å²) in [5.74, 6) is -1.82. The number of thiophene rings is 1. The second kappa shape index (κ2) is 10.6. The molecular formula is C24H13F4N4NaO3S. The minimum absolute atomic E-state index is 0. The monoisotopic (exact) mass is 536 g/mol. The molecule has 0 spiro atoms. The number of carbonyl (C=O) groups excluding carboxylic acids is 1. The van der Waals surface area contributed by atoms with Gasteiger partial charge in [-0.2, -0.15) is 23.3 Å². The van der Waals surface area contributed by atoms with Crippen LogP contribution in [0, 0.1) is 5.82 Å². The van der Waals surface area contributed by atoms with Crippen molar-refractivity contribution >= 4 is 17.3 Å². The number of aromatic carboxylic acids is 1. The van der Waals surface area contributed by atoms with Crippen molar-refractivity contribution < 1.29 is 61.5 Å². The first-order valence-electron chi connectivity index (χ1n) is 10.3. The van der Waals surface area contributed by atoms with Crippen molar-refractivity contribution in [1.82, 2.24) is 19.9 Å². The summed E-state index contributed by atoms with van der Waals surface area (Å²) < 4.78 is 61.0. The van der Waals surface area contributed by atoms with E-state index in [1.807, 2.05) is 0 Å². The molecule has 5 rings (SSSR count). The fourth-order valence-corrected chi connectivity index (χ4v) is 4.47. The maximum Gasteiger partial charge on any atom is 1.00 e. The third kappa shape index (κ3) is 5.82. The molecule has 0 radical (unpaired) electrons. The zero-order valence-electron chi connectivity index (χ0n) is 19.0. The smallest absolute Gasteiger partial charge is 0.543 e. The van der Waals surface area contributed by atoms with Crippen LogP contribution in [0.5, 0.6) is 0 Å². The van der Waals surface area contributed by atoms with Gasteiger partial charge in [0.05, 0.1) is 17.4 Å². The Hall–Kier alpha value is -3.32. The number of hydrogen-bond acceptors (Lipinski definition) is 7. The Morgan fingerprint density at radius 2 is 1.70 bits per heavy atom. The van der Waals surface area contributed by atoms with Gasteiger partial charge in [0, 0.05) is 17.3 Å². The third-order valence-electron chi connectivity index (χ3n) is 5.19. The average Bonchev–Trinajstić information content (AvgIpc) is 3.59. The number of carbonyl (C=O) groups is 1. The number of benzene rings is 2. The standard InChI is InChI=1S/C24H14F4N4O3S.Na/c25-16-7-5-14(6-8-16)17-11-19(36-20(17)24(26,27)28)22-29-21(31-35-22)15-3-1-13(2-4-15)12-32-10-9-18(30-32)23(33)34;/h1-11H,12H2,(H,33,34);/q;+1/p-1. The number of aromatic nitrogens is 4. The molecule has 37 heavy (non-hydrogen) atoms. The number of alkyl halides is 3. The molecule has 0 N–H and O–H groups in total. The molecule has 5 aromatic rings. The molecule has 2 aromatic carbocycles. The van der Waals surface area contributed by atoms with E-state index < -0.39 is 22.8 Å². The van der Waals surface area contributed by atoms with E-state index in [9.17, 15) is 27.5 Å². The van der Waals surface area contributed by atoms with Gasteiger partial charge < -0.3 is 14.4 Å². The summed E-state index contributed by atoms with van der Waals surface area (Å²) in [6.07, 6.45) is -3.11. The average molecular weight is 536 g/mol. The predicted octanol–water partition coefficient (Wildman–Crippen LogP) is 1.90. The molecule has 182 valence electrons. The first-order chi connectivity index (χ1) is 17.2. The Labute approximate surface area is 232 Å². The molecular weight excluding hydrogens is 523 g/mol.